The van der Waals surface area contributed by atoms with Crippen molar-refractivity contribution in [2.24, 2.45) is 0 Å². The van der Waals surface area contributed by atoms with E-state index in [1.54, 1.807) is 0 Å². The summed E-state index contributed by atoms with van der Waals surface area (Å²) < 4.78 is 31.2. The van der Waals surface area contributed by atoms with Crippen molar-refractivity contribution in [3.63, 3.8) is 0 Å². The van der Waals surface area contributed by atoms with Gasteiger partial charge < -0.3 is 14.9 Å². The summed E-state index contributed by atoms with van der Waals surface area (Å²) in [5.74, 6) is -1.01. The average Bonchev–Trinajstić information content (AvgIpc) is 2.42. The van der Waals surface area contributed by atoms with Gasteiger partial charge in [0.1, 0.15) is 10.6 Å². The van der Waals surface area contributed by atoms with Gasteiger partial charge in [-0.15, -0.1) is 0 Å². The third-order valence-electron chi connectivity index (χ3n) is 2.30. The Kier molecular flexibility index (Phi) is 5.68. The molecule has 0 atom stereocenters. The van der Waals surface area contributed by atoms with E-state index in [-0.39, 0.29) is 23.8 Å². The molecule has 0 unspecified atom stereocenters. The highest BCUT2D eigenvalue weighted by Gasteiger charge is 2.19. The summed E-state index contributed by atoms with van der Waals surface area (Å²) in [4.78, 5) is 10.3. The van der Waals surface area contributed by atoms with Crippen molar-refractivity contribution >= 4 is 22.1 Å². The molecule has 0 heterocycles. The number of methoxy groups -OCH3 is 1. The monoisotopic (exact) mass is 301 g/mol. The number of aliphatic hydroxyl groups excluding tert-OH is 1. The van der Waals surface area contributed by atoms with Gasteiger partial charge in [0.05, 0.1) is 13.7 Å². The second-order valence-corrected chi connectivity index (χ2v) is 5.44. The quantitative estimate of drug-likeness (QED) is 0.614. The molecule has 0 aromatic heterocycles. The van der Waals surface area contributed by atoms with Crippen LogP contribution in [0, 0.1) is 0 Å². The Morgan fingerprint density at radius 1 is 1.45 bits per heavy atom. The van der Waals surface area contributed by atoms with Crippen molar-refractivity contribution < 1.29 is 28.2 Å². The van der Waals surface area contributed by atoms with Gasteiger partial charge >= 0.3 is 5.97 Å². The second-order valence-electron chi connectivity index (χ2n) is 3.70. The molecular formula is C12H15NO6S. The van der Waals surface area contributed by atoms with Gasteiger partial charge in [0.25, 0.3) is 0 Å². The molecule has 20 heavy (non-hydrogen) atoms. The number of aliphatic hydroxyl groups is 1. The van der Waals surface area contributed by atoms with E-state index in [0.29, 0.717) is 5.56 Å². The molecule has 0 saturated heterocycles. The lowest BCUT2D eigenvalue weighted by Crippen LogP contribution is -2.27. The lowest BCUT2D eigenvalue weighted by Gasteiger charge is -2.10. The van der Waals surface area contributed by atoms with Crippen LogP contribution in [0.5, 0.6) is 5.75 Å². The van der Waals surface area contributed by atoms with E-state index in [4.69, 9.17) is 14.9 Å². The van der Waals surface area contributed by atoms with Crippen LogP contribution in [-0.2, 0) is 14.8 Å². The van der Waals surface area contributed by atoms with Crippen LogP contribution in [0.4, 0.5) is 0 Å². The van der Waals surface area contributed by atoms with Crippen molar-refractivity contribution in [2.45, 2.75) is 4.90 Å². The zero-order chi connectivity index (χ0) is 15.2. The fraction of sp³-hybridized carbons (Fsp3) is 0.250. The number of aliphatic carboxylic acids is 1. The highest BCUT2D eigenvalue weighted by atomic mass is 32.2. The van der Waals surface area contributed by atoms with E-state index < -0.39 is 16.0 Å². The molecule has 0 spiro atoms. The Labute approximate surface area is 116 Å². The number of ether oxygens (including phenoxy) is 1. The molecule has 1 rings (SSSR count). The Morgan fingerprint density at radius 2 is 2.15 bits per heavy atom. The summed E-state index contributed by atoms with van der Waals surface area (Å²) >= 11 is 0. The molecule has 110 valence electrons. The fourth-order valence-corrected chi connectivity index (χ4v) is 2.66. The second kappa shape index (κ2) is 7.04. The van der Waals surface area contributed by atoms with Gasteiger partial charge in [-0.05, 0) is 23.8 Å². The average molecular weight is 301 g/mol. The van der Waals surface area contributed by atoms with Gasteiger partial charge in [0, 0.05) is 12.6 Å². The van der Waals surface area contributed by atoms with Crippen molar-refractivity contribution in [3.05, 3.63) is 29.8 Å². The maximum Gasteiger partial charge on any atom is 0.328 e. The van der Waals surface area contributed by atoms with Gasteiger partial charge in [0.2, 0.25) is 10.0 Å². The Bertz CT molecular complexity index is 608. The molecule has 1 aromatic rings. The van der Waals surface area contributed by atoms with Gasteiger partial charge in [0.15, 0.2) is 0 Å². The summed E-state index contributed by atoms with van der Waals surface area (Å²) in [6.45, 7) is -0.458. The maximum absolute atomic E-state index is 12.0. The van der Waals surface area contributed by atoms with E-state index in [1.165, 1.54) is 31.4 Å². The molecule has 0 aliphatic heterocycles. The molecule has 0 saturated carbocycles. The molecule has 8 heteroatoms. The van der Waals surface area contributed by atoms with Crippen molar-refractivity contribution in [1.82, 2.24) is 4.72 Å². The third-order valence-corrected chi connectivity index (χ3v) is 3.78. The van der Waals surface area contributed by atoms with Crippen LogP contribution >= 0.6 is 0 Å². The van der Waals surface area contributed by atoms with Gasteiger partial charge in [-0.2, -0.15) is 0 Å². The molecule has 0 bridgehead atoms. The summed E-state index contributed by atoms with van der Waals surface area (Å²) in [6, 6.07) is 4.25. The van der Waals surface area contributed by atoms with Crippen molar-refractivity contribution in [1.29, 1.82) is 0 Å². The van der Waals surface area contributed by atoms with Crippen LogP contribution in [0.15, 0.2) is 29.2 Å². The SMILES string of the molecule is COc1ccc(/C=C/C(=O)O)cc1S(=O)(=O)NCCO. The summed E-state index contributed by atoms with van der Waals surface area (Å²) in [6.07, 6.45) is 2.17. The van der Waals surface area contributed by atoms with Crippen molar-refractivity contribution in [3.8, 4) is 5.75 Å². The number of carboxylic acid groups (broad SMARTS) is 1. The zero-order valence-corrected chi connectivity index (χ0v) is 11.6. The van der Waals surface area contributed by atoms with Crippen LogP contribution in [0.25, 0.3) is 6.08 Å². The normalized spacial score (nSPS) is 11.7. The highest BCUT2D eigenvalue weighted by Crippen LogP contribution is 2.25. The minimum Gasteiger partial charge on any atom is -0.495 e. The summed E-state index contributed by atoms with van der Waals surface area (Å²) in [7, 11) is -2.52. The zero-order valence-electron chi connectivity index (χ0n) is 10.7. The number of benzene rings is 1. The number of sulfonamides is 1. The van der Waals surface area contributed by atoms with Crippen LogP contribution in [0.2, 0.25) is 0 Å². The van der Waals surface area contributed by atoms with Crippen LogP contribution in [0.1, 0.15) is 5.56 Å². The van der Waals surface area contributed by atoms with Crippen LogP contribution in [-0.4, -0.2) is 44.9 Å². The predicted molar refractivity (Wildman–Crippen MR) is 71.9 cm³/mol. The molecule has 0 aliphatic rings. The smallest absolute Gasteiger partial charge is 0.328 e. The van der Waals surface area contributed by atoms with Crippen molar-refractivity contribution in [2.75, 3.05) is 20.3 Å². The molecule has 0 aliphatic carbocycles. The van der Waals surface area contributed by atoms with Crippen LogP contribution < -0.4 is 9.46 Å². The number of nitrogens with one attached hydrogen (secondary N) is 1. The Balaban J connectivity index is 3.21. The van der Waals surface area contributed by atoms with Gasteiger partial charge in [-0.25, -0.2) is 17.9 Å². The van der Waals surface area contributed by atoms with Crippen LogP contribution in [0.3, 0.4) is 0 Å². The van der Waals surface area contributed by atoms with E-state index in [1.807, 2.05) is 0 Å². The number of carbonyl (C=O) groups is 1. The predicted octanol–water partition coefficient (Wildman–Crippen LogP) is 0.0636. The number of hydrogen-bond acceptors (Lipinski definition) is 5. The Hall–Kier alpha value is -1.90. The molecular weight excluding hydrogens is 286 g/mol. The van der Waals surface area contributed by atoms with Gasteiger partial charge in [-0.1, -0.05) is 6.07 Å². The molecule has 0 fully saturated rings. The fourth-order valence-electron chi connectivity index (χ4n) is 1.43. The van der Waals surface area contributed by atoms with E-state index >= 15 is 0 Å². The Morgan fingerprint density at radius 3 is 2.70 bits per heavy atom. The number of hydrogen-bond donors (Lipinski definition) is 3. The van der Waals surface area contributed by atoms with E-state index in [9.17, 15) is 13.2 Å². The first-order valence-electron chi connectivity index (χ1n) is 5.60. The summed E-state index contributed by atoms with van der Waals surface area (Å²) in [5, 5.41) is 17.2. The highest BCUT2D eigenvalue weighted by molar-refractivity contribution is 7.89. The molecule has 3 N–H and O–H groups in total. The number of rotatable bonds is 7. The molecule has 1 aromatic carbocycles. The largest absolute Gasteiger partial charge is 0.495 e. The van der Waals surface area contributed by atoms with Gasteiger partial charge in [-0.3, -0.25) is 0 Å². The third kappa shape index (κ3) is 4.34. The first-order chi connectivity index (χ1) is 9.40. The standard InChI is InChI=1S/C12H15NO6S/c1-19-10-4-2-9(3-5-12(15)16)8-11(10)20(17,18)13-6-7-14/h2-5,8,13-14H,6-7H2,1H3,(H,15,16)/b5-3+. The number of carboxylic acids is 1. The lowest BCUT2D eigenvalue weighted by atomic mass is 10.2. The topological polar surface area (TPSA) is 113 Å². The minimum atomic E-state index is -3.84. The van der Waals surface area contributed by atoms with E-state index in [2.05, 4.69) is 4.72 Å². The molecule has 7 nitrogen and oxygen atoms in total. The lowest BCUT2D eigenvalue weighted by molar-refractivity contribution is -0.131. The molecule has 0 amide bonds. The summed E-state index contributed by atoms with van der Waals surface area (Å²) in [5.41, 5.74) is 0.401. The molecule has 0 radical (unpaired) electrons. The first-order valence-corrected chi connectivity index (χ1v) is 7.08. The first kappa shape index (κ1) is 16.2. The van der Waals surface area contributed by atoms with E-state index in [0.717, 1.165) is 6.08 Å². The minimum absolute atomic E-state index is 0.124. The maximum atomic E-state index is 12.0.